The van der Waals surface area contributed by atoms with Gasteiger partial charge in [-0.05, 0) is 24.6 Å². The van der Waals surface area contributed by atoms with Gasteiger partial charge >= 0.3 is 0 Å². The molecule has 4 heteroatoms. The number of rotatable bonds is 3. The van der Waals surface area contributed by atoms with Gasteiger partial charge in [0.05, 0.1) is 12.1 Å². The van der Waals surface area contributed by atoms with Crippen molar-refractivity contribution in [2.24, 2.45) is 7.05 Å². The summed E-state index contributed by atoms with van der Waals surface area (Å²) in [4.78, 5) is 12.3. The Bertz CT molecular complexity index is 606. The molecule has 3 rings (SSSR count). The predicted octanol–water partition coefficient (Wildman–Crippen LogP) is 1.84. The highest BCUT2D eigenvalue weighted by Gasteiger charge is 2.29. The first kappa shape index (κ1) is 12.0. The van der Waals surface area contributed by atoms with E-state index in [1.54, 1.807) is 4.68 Å². The van der Waals surface area contributed by atoms with Crippen LogP contribution in [0.5, 0.6) is 5.75 Å². The second-order valence-electron chi connectivity index (χ2n) is 4.96. The smallest absolute Gasteiger partial charge is 0.179 e. The van der Waals surface area contributed by atoms with Gasteiger partial charge in [0.25, 0.3) is 0 Å². The molecule has 0 saturated heterocycles. The fourth-order valence-electron chi connectivity index (χ4n) is 2.48. The summed E-state index contributed by atoms with van der Waals surface area (Å²) in [7, 11) is 1.86. The highest BCUT2D eigenvalue weighted by molar-refractivity contribution is 5.86. The van der Waals surface area contributed by atoms with Crippen LogP contribution in [0.3, 0.4) is 0 Å². The number of ether oxygens (including phenoxy) is 1. The molecule has 0 bridgehead atoms. The van der Waals surface area contributed by atoms with Crippen molar-refractivity contribution in [1.82, 2.24) is 9.78 Å². The number of Topliss-reactive ketones (excluding diaryl/α,β-unsaturated/α-hetero) is 1. The maximum absolute atomic E-state index is 12.3. The molecular formula is C15H16N2O2. The molecule has 4 nitrogen and oxygen atoms in total. The van der Waals surface area contributed by atoms with Gasteiger partial charge in [0.1, 0.15) is 5.75 Å². The molecule has 2 heterocycles. The van der Waals surface area contributed by atoms with Gasteiger partial charge in [0.2, 0.25) is 0 Å². The Morgan fingerprint density at radius 1 is 1.47 bits per heavy atom. The Morgan fingerprint density at radius 3 is 2.95 bits per heavy atom. The van der Waals surface area contributed by atoms with Crippen LogP contribution in [-0.2, 0) is 24.7 Å². The maximum Gasteiger partial charge on any atom is 0.179 e. The van der Waals surface area contributed by atoms with E-state index in [-0.39, 0.29) is 11.9 Å². The Balaban J connectivity index is 1.72. The van der Waals surface area contributed by atoms with Gasteiger partial charge in [-0.3, -0.25) is 9.48 Å². The Morgan fingerprint density at radius 2 is 2.26 bits per heavy atom. The summed E-state index contributed by atoms with van der Waals surface area (Å²) >= 11 is 0. The van der Waals surface area contributed by atoms with Crippen LogP contribution in [0, 0.1) is 6.92 Å². The largest absolute Gasteiger partial charge is 0.482 e. The molecule has 2 aromatic rings. The van der Waals surface area contributed by atoms with Gasteiger partial charge in [-0.15, -0.1) is 0 Å². The van der Waals surface area contributed by atoms with Crippen LogP contribution in [-0.4, -0.2) is 21.7 Å². The number of carbonyl (C=O) groups excluding carboxylic acids is 1. The number of carbonyl (C=O) groups is 1. The number of aromatic nitrogens is 2. The SMILES string of the molecule is Cc1cc(CC(=O)C2Cc3ccccc3O2)n(C)n1. The minimum Gasteiger partial charge on any atom is -0.482 e. The van der Waals surface area contributed by atoms with Crippen molar-refractivity contribution in [2.75, 3.05) is 0 Å². The lowest BCUT2D eigenvalue weighted by Gasteiger charge is -2.09. The zero-order valence-electron chi connectivity index (χ0n) is 11.1. The fraction of sp³-hybridized carbons (Fsp3) is 0.333. The quantitative estimate of drug-likeness (QED) is 0.841. The minimum atomic E-state index is -0.354. The van der Waals surface area contributed by atoms with Gasteiger partial charge < -0.3 is 4.74 Å². The summed E-state index contributed by atoms with van der Waals surface area (Å²) in [5, 5.41) is 4.25. The second kappa shape index (κ2) is 4.53. The summed E-state index contributed by atoms with van der Waals surface area (Å²) in [5.74, 6) is 0.946. The highest BCUT2D eigenvalue weighted by atomic mass is 16.5. The molecule has 0 fully saturated rings. The number of nitrogens with zero attached hydrogens (tertiary/aromatic N) is 2. The standard InChI is InChI=1S/C15H16N2O2/c1-10-7-12(17(2)16-10)9-13(18)15-8-11-5-3-4-6-14(11)19-15/h3-7,15H,8-9H2,1-2H3. The molecule has 0 amide bonds. The lowest BCUT2D eigenvalue weighted by atomic mass is 10.0. The first-order chi connectivity index (χ1) is 9.13. The Hall–Kier alpha value is -2.10. The summed E-state index contributed by atoms with van der Waals surface area (Å²) in [6.07, 6.45) is 0.689. The molecule has 1 atom stereocenters. The predicted molar refractivity (Wildman–Crippen MR) is 71.2 cm³/mol. The van der Waals surface area contributed by atoms with E-state index in [1.165, 1.54) is 0 Å². The molecule has 1 aromatic carbocycles. The summed E-state index contributed by atoms with van der Waals surface area (Å²) in [5.41, 5.74) is 2.98. The topological polar surface area (TPSA) is 44.1 Å². The molecule has 1 aromatic heterocycles. The van der Waals surface area contributed by atoms with Gasteiger partial charge in [-0.25, -0.2) is 0 Å². The van der Waals surface area contributed by atoms with E-state index in [2.05, 4.69) is 5.10 Å². The summed E-state index contributed by atoms with van der Waals surface area (Å²) < 4.78 is 7.47. The van der Waals surface area contributed by atoms with Gasteiger partial charge in [0.15, 0.2) is 11.9 Å². The Kier molecular flexibility index (Phi) is 2.85. The Labute approximate surface area is 112 Å². The van der Waals surface area contributed by atoms with E-state index in [4.69, 9.17) is 4.74 Å². The van der Waals surface area contributed by atoms with Crippen molar-refractivity contribution in [2.45, 2.75) is 25.9 Å². The molecule has 0 saturated carbocycles. The number of fused-ring (bicyclic) bond motifs is 1. The summed E-state index contributed by atoms with van der Waals surface area (Å²) in [6, 6.07) is 9.77. The van der Waals surface area contributed by atoms with E-state index in [0.29, 0.717) is 12.8 Å². The number of aryl methyl sites for hydroxylation is 2. The van der Waals surface area contributed by atoms with Crippen LogP contribution >= 0.6 is 0 Å². The van der Waals surface area contributed by atoms with Crippen molar-refractivity contribution in [3.05, 3.63) is 47.3 Å². The average Bonchev–Trinajstić information content (AvgIpc) is 2.93. The molecule has 0 radical (unpaired) electrons. The lowest BCUT2D eigenvalue weighted by Crippen LogP contribution is -2.27. The number of benzene rings is 1. The van der Waals surface area contributed by atoms with Crippen LogP contribution < -0.4 is 4.74 Å². The number of para-hydroxylation sites is 1. The zero-order chi connectivity index (χ0) is 13.4. The van der Waals surface area contributed by atoms with Crippen LogP contribution in [0.1, 0.15) is 17.0 Å². The number of hydrogen-bond donors (Lipinski definition) is 0. The fourth-order valence-corrected chi connectivity index (χ4v) is 2.48. The zero-order valence-corrected chi connectivity index (χ0v) is 11.1. The molecule has 1 aliphatic rings. The van der Waals surface area contributed by atoms with Crippen LogP contribution in [0.2, 0.25) is 0 Å². The van der Waals surface area contributed by atoms with Crippen molar-refractivity contribution >= 4 is 5.78 Å². The van der Waals surface area contributed by atoms with E-state index in [1.807, 2.05) is 44.3 Å². The van der Waals surface area contributed by atoms with Crippen LogP contribution in [0.15, 0.2) is 30.3 Å². The maximum atomic E-state index is 12.3. The molecule has 98 valence electrons. The molecule has 19 heavy (non-hydrogen) atoms. The van der Waals surface area contributed by atoms with Crippen molar-refractivity contribution < 1.29 is 9.53 Å². The summed E-state index contributed by atoms with van der Waals surface area (Å²) in [6.45, 7) is 1.93. The van der Waals surface area contributed by atoms with E-state index < -0.39 is 0 Å². The third-order valence-electron chi connectivity index (χ3n) is 3.46. The molecule has 0 spiro atoms. The molecule has 0 N–H and O–H groups in total. The van der Waals surface area contributed by atoms with Crippen LogP contribution in [0.4, 0.5) is 0 Å². The first-order valence-corrected chi connectivity index (χ1v) is 6.40. The molecule has 1 aliphatic heterocycles. The average molecular weight is 256 g/mol. The van der Waals surface area contributed by atoms with Crippen molar-refractivity contribution in [3.8, 4) is 5.75 Å². The minimum absolute atomic E-state index is 0.110. The van der Waals surface area contributed by atoms with Crippen molar-refractivity contribution in [3.63, 3.8) is 0 Å². The highest BCUT2D eigenvalue weighted by Crippen LogP contribution is 2.28. The van der Waals surface area contributed by atoms with Gasteiger partial charge in [0, 0.05) is 19.2 Å². The number of hydrogen-bond acceptors (Lipinski definition) is 3. The third kappa shape index (κ3) is 2.26. The molecular weight excluding hydrogens is 240 g/mol. The molecule has 0 aliphatic carbocycles. The van der Waals surface area contributed by atoms with Crippen molar-refractivity contribution in [1.29, 1.82) is 0 Å². The van der Waals surface area contributed by atoms with E-state index in [0.717, 1.165) is 22.7 Å². The van der Waals surface area contributed by atoms with Gasteiger partial charge in [-0.2, -0.15) is 5.10 Å². The van der Waals surface area contributed by atoms with E-state index >= 15 is 0 Å². The van der Waals surface area contributed by atoms with Gasteiger partial charge in [-0.1, -0.05) is 18.2 Å². The normalized spacial score (nSPS) is 17.1. The van der Waals surface area contributed by atoms with Crippen LogP contribution in [0.25, 0.3) is 0 Å². The second-order valence-corrected chi connectivity index (χ2v) is 4.96. The number of ketones is 1. The lowest BCUT2D eigenvalue weighted by molar-refractivity contribution is -0.124. The van der Waals surface area contributed by atoms with E-state index in [9.17, 15) is 4.79 Å². The molecule has 1 unspecified atom stereocenters. The first-order valence-electron chi connectivity index (χ1n) is 6.40. The third-order valence-corrected chi connectivity index (χ3v) is 3.46. The monoisotopic (exact) mass is 256 g/mol.